The molecule has 1 aliphatic heterocycles. The Bertz CT molecular complexity index is 548. The first kappa shape index (κ1) is 19.1. The van der Waals surface area contributed by atoms with Gasteiger partial charge in [0.15, 0.2) is 0 Å². The van der Waals surface area contributed by atoms with Gasteiger partial charge in [0.2, 0.25) is 0 Å². The molecule has 1 heterocycles. The lowest BCUT2D eigenvalue weighted by Crippen LogP contribution is -2.40. The minimum atomic E-state index is -0.503. The highest BCUT2D eigenvalue weighted by Gasteiger charge is 2.27. The van der Waals surface area contributed by atoms with E-state index in [0.717, 1.165) is 30.4 Å². The Balaban J connectivity index is 2.90. The van der Waals surface area contributed by atoms with Gasteiger partial charge in [0.25, 0.3) is 0 Å². The smallest absolute Gasteiger partial charge is 0.410 e. The van der Waals surface area contributed by atoms with Crippen LogP contribution in [0.15, 0.2) is 22.4 Å². The molecular weight excluding hydrogens is 290 g/mol. The average molecular weight is 319 g/mol. The second-order valence-corrected chi connectivity index (χ2v) is 7.03. The van der Waals surface area contributed by atoms with Crippen molar-refractivity contribution in [1.29, 1.82) is 5.26 Å². The number of allylic oxidation sites excluding steroid dienone is 2. The first-order chi connectivity index (χ1) is 10.7. The summed E-state index contributed by atoms with van der Waals surface area (Å²) in [4.78, 5) is 13.8. The zero-order valence-electron chi connectivity index (χ0n) is 15.0. The van der Waals surface area contributed by atoms with Crippen LogP contribution in [0.3, 0.4) is 0 Å². The monoisotopic (exact) mass is 319 g/mol. The molecule has 23 heavy (non-hydrogen) atoms. The zero-order valence-corrected chi connectivity index (χ0v) is 15.0. The maximum atomic E-state index is 12.2. The van der Waals surface area contributed by atoms with Crippen molar-refractivity contribution in [2.75, 3.05) is 13.1 Å². The second-order valence-electron chi connectivity index (χ2n) is 7.03. The summed E-state index contributed by atoms with van der Waals surface area (Å²) < 4.78 is 5.41. The predicted molar refractivity (Wildman–Crippen MR) is 91.5 cm³/mol. The number of carbonyl (C=O) groups is 1. The van der Waals surface area contributed by atoms with Crippen LogP contribution < -0.4 is 5.73 Å². The molecule has 0 aromatic carbocycles. The molecule has 0 fully saturated rings. The quantitative estimate of drug-likeness (QED) is 0.798. The van der Waals surface area contributed by atoms with Crippen molar-refractivity contribution in [1.82, 2.24) is 4.90 Å². The maximum absolute atomic E-state index is 12.2. The molecule has 0 aliphatic carbocycles. The number of ether oxygens (including phenoxy) is 1. The van der Waals surface area contributed by atoms with Gasteiger partial charge in [-0.05, 0) is 58.1 Å². The summed E-state index contributed by atoms with van der Waals surface area (Å²) in [7, 11) is 0. The molecule has 0 atom stereocenters. The molecule has 5 nitrogen and oxygen atoms in total. The van der Waals surface area contributed by atoms with E-state index in [1.807, 2.05) is 27.7 Å². The van der Waals surface area contributed by atoms with Crippen molar-refractivity contribution in [2.45, 2.75) is 65.9 Å². The number of hydrogen-bond acceptors (Lipinski definition) is 4. The second kappa shape index (κ2) is 8.05. The highest BCUT2D eigenvalue weighted by molar-refractivity contribution is 5.69. The number of amides is 1. The van der Waals surface area contributed by atoms with Crippen LogP contribution in [0.25, 0.3) is 0 Å². The minimum Gasteiger partial charge on any atom is -0.444 e. The number of hydrogen-bond donors (Lipinski definition) is 1. The van der Waals surface area contributed by atoms with Gasteiger partial charge in [-0.15, -0.1) is 0 Å². The molecule has 0 aromatic rings. The van der Waals surface area contributed by atoms with Gasteiger partial charge in [-0.1, -0.05) is 13.3 Å². The van der Waals surface area contributed by atoms with Crippen LogP contribution >= 0.6 is 0 Å². The third kappa shape index (κ3) is 5.63. The summed E-state index contributed by atoms with van der Waals surface area (Å²) in [5, 5.41) is 9.47. The molecule has 128 valence electrons. The highest BCUT2D eigenvalue weighted by atomic mass is 16.6. The first-order valence-corrected chi connectivity index (χ1v) is 8.25. The largest absolute Gasteiger partial charge is 0.444 e. The summed E-state index contributed by atoms with van der Waals surface area (Å²) in [6, 6.07) is 2.26. The molecule has 0 radical (unpaired) electrons. The molecule has 1 rings (SSSR count). The van der Waals surface area contributed by atoms with Crippen LogP contribution in [-0.4, -0.2) is 29.7 Å². The van der Waals surface area contributed by atoms with Crippen molar-refractivity contribution in [3.8, 4) is 6.07 Å². The van der Waals surface area contributed by atoms with Gasteiger partial charge >= 0.3 is 6.09 Å². The fourth-order valence-electron chi connectivity index (χ4n) is 2.57. The summed E-state index contributed by atoms with van der Waals surface area (Å²) in [5.74, 6) is 0. The van der Waals surface area contributed by atoms with Crippen LogP contribution in [-0.2, 0) is 4.74 Å². The topological polar surface area (TPSA) is 79.4 Å². The minimum absolute atomic E-state index is 0.308. The van der Waals surface area contributed by atoms with Gasteiger partial charge in [0.1, 0.15) is 11.7 Å². The normalized spacial score (nSPS) is 16.8. The molecule has 1 aliphatic rings. The van der Waals surface area contributed by atoms with Crippen LogP contribution in [0.5, 0.6) is 0 Å². The Hall–Kier alpha value is -1.96. The third-order valence-electron chi connectivity index (χ3n) is 3.76. The predicted octanol–water partition coefficient (Wildman–Crippen LogP) is 3.87. The Morgan fingerprint density at radius 3 is 2.57 bits per heavy atom. The molecule has 0 spiro atoms. The number of nitrogens with zero attached hydrogens (tertiary/aromatic N) is 2. The lowest BCUT2D eigenvalue weighted by molar-refractivity contribution is 0.0260. The van der Waals surface area contributed by atoms with E-state index in [1.165, 1.54) is 0 Å². The third-order valence-corrected chi connectivity index (χ3v) is 3.76. The zero-order chi connectivity index (χ0) is 17.6. The standard InChI is InChI=1S/C18H29N3O2/c1-6-7-8-16(20)15(11-19)14-9-10-21(12-13(14)2)17(22)23-18(3,4)5/h6-10,12,20H2,1-5H3/b16-15+. The molecule has 0 unspecified atom stereocenters. The summed E-state index contributed by atoms with van der Waals surface area (Å²) in [6.45, 7) is 10.7. The molecule has 1 amide bonds. The number of rotatable bonds is 4. The van der Waals surface area contributed by atoms with E-state index in [2.05, 4.69) is 13.0 Å². The molecule has 0 aromatic heterocycles. The maximum Gasteiger partial charge on any atom is 0.410 e. The number of carbonyl (C=O) groups excluding carboxylic acids is 1. The lowest BCUT2D eigenvalue weighted by Gasteiger charge is -2.32. The highest BCUT2D eigenvalue weighted by Crippen LogP contribution is 2.27. The van der Waals surface area contributed by atoms with Crippen LogP contribution in [0, 0.1) is 11.3 Å². The van der Waals surface area contributed by atoms with Crippen molar-refractivity contribution in [3.63, 3.8) is 0 Å². The van der Waals surface area contributed by atoms with Gasteiger partial charge in [0, 0.05) is 18.8 Å². The molecule has 0 saturated heterocycles. The first-order valence-electron chi connectivity index (χ1n) is 8.25. The van der Waals surface area contributed by atoms with E-state index in [9.17, 15) is 10.1 Å². The molecule has 0 saturated carbocycles. The van der Waals surface area contributed by atoms with Crippen LogP contribution in [0.2, 0.25) is 0 Å². The average Bonchev–Trinajstić information content (AvgIpc) is 2.45. The Labute approximate surface area is 139 Å². The number of nitrogens with two attached hydrogens (primary N) is 1. The van der Waals surface area contributed by atoms with Crippen molar-refractivity contribution in [3.05, 3.63) is 22.4 Å². The van der Waals surface area contributed by atoms with E-state index in [4.69, 9.17) is 10.5 Å². The van der Waals surface area contributed by atoms with Gasteiger partial charge in [-0.3, -0.25) is 0 Å². The van der Waals surface area contributed by atoms with E-state index in [-0.39, 0.29) is 6.09 Å². The molecule has 5 heteroatoms. The van der Waals surface area contributed by atoms with E-state index >= 15 is 0 Å². The molecular formula is C18H29N3O2. The summed E-state index contributed by atoms with van der Waals surface area (Å²) in [6.07, 6.45) is 3.10. The SMILES string of the molecule is CCCC/C(N)=C(/C#N)C1=C(C)CN(C(=O)OC(C)(C)C)CC1. The van der Waals surface area contributed by atoms with E-state index in [1.54, 1.807) is 4.90 Å². The van der Waals surface area contributed by atoms with E-state index in [0.29, 0.717) is 30.8 Å². The summed E-state index contributed by atoms with van der Waals surface area (Å²) in [5.41, 5.74) is 8.86. The van der Waals surface area contributed by atoms with Gasteiger partial charge in [-0.25, -0.2) is 4.79 Å². The van der Waals surface area contributed by atoms with Crippen molar-refractivity contribution >= 4 is 6.09 Å². The van der Waals surface area contributed by atoms with Crippen LogP contribution in [0.4, 0.5) is 4.79 Å². The number of nitriles is 1. The fraction of sp³-hybridized carbons (Fsp3) is 0.667. The Morgan fingerprint density at radius 1 is 1.43 bits per heavy atom. The van der Waals surface area contributed by atoms with Gasteiger partial charge in [-0.2, -0.15) is 5.26 Å². The van der Waals surface area contributed by atoms with E-state index < -0.39 is 5.60 Å². The molecule has 0 bridgehead atoms. The van der Waals surface area contributed by atoms with Crippen LogP contribution in [0.1, 0.15) is 60.3 Å². The van der Waals surface area contributed by atoms with Crippen molar-refractivity contribution in [2.24, 2.45) is 5.73 Å². The lowest BCUT2D eigenvalue weighted by atomic mass is 9.92. The van der Waals surface area contributed by atoms with Gasteiger partial charge < -0.3 is 15.4 Å². The van der Waals surface area contributed by atoms with Gasteiger partial charge in [0.05, 0.1) is 5.57 Å². The summed E-state index contributed by atoms with van der Waals surface area (Å²) >= 11 is 0. The Morgan fingerprint density at radius 2 is 2.09 bits per heavy atom. The molecule has 2 N–H and O–H groups in total. The Kier molecular flexibility index (Phi) is 6.68. The fourth-order valence-corrected chi connectivity index (χ4v) is 2.57. The van der Waals surface area contributed by atoms with Crippen molar-refractivity contribution < 1.29 is 9.53 Å². The number of unbranched alkanes of at least 4 members (excludes halogenated alkanes) is 1.